The molecule has 0 bridgehead atoms. The number of nitrogens with zero attached hydrogens (tertiary/aromatic N) is 1. The second kappa shape index (κ2) is 6.32. The monoisotopic (exact) mass is 349 g/mol. The Labute approximate surface area is 147 Å². The van der Waals surface area contributed by atoms with E-state index in [0.717, 1.165) is 37.8 Å². The molecule has 0 radical (unpaired) electrons. The molecule has 3 atom stereocenters. The fourth-order valence-electron chi connectivity index (χ4n) is 4.42. The molecule has 1 aromatic carbocycles. The lowest BCUT2D eigenvalue weighted by Gasteiger charge is -2.38. The lowest BCUT2D eigenvalue weighted by atomic mass is 9.87. The van der Waals surface area contributed by atoms with Gasteiger partial charge in [-0.25, -0.2) is 0 Å². The number of halogens is 1. The van der Waals surface area contributed by atoms with Crippen LogP contribution in [0.1, 0.15) is 37.7 Å². The van der Waals surface area contributed by atoms with Crippen LogP contribution in [0, 0.1) is 5.92 Å². The molecule has 2 heterocycles. The predicted octanol–water partition coefficient (Wildman–Crippen LogP) is 2.76. The molecule has 1 saturated carbocycles. The summed E-state index contributed by atoms with van der Waals surface area (Å²) in [5.41, 5.74) is 0.639. The number of hydrogen-bond donors (Lipinski definition) is 1. The third-order valence-corrected chi connectivity index (χ3v) is 6.19. The summed E-state index contributed by atoms with van der Waals surface area (Å²) in [7, 11) is 0. The third kappa shape index (κ3) is 2.75. The van der Waals surface area contributed by atoms with Crippen molar-refractivity contribution in [1.29, 1.82) is 0 Å². The van der Waals surface area contributed by atoms with E-state index >= 15 is 0 Å². The summed E-state index contributed by atoms with van der Waals surface area (Å²) in [5.74, 6) is 0.255. The topological polar surface area (TPSA) is 49.8 Å². The van der Waals surface area contributed by atoms with Gasteiger partial charge in [0.2, 0.25) is 5.91 Å². The van der Waals surface area contributed by atoms with E-state index in [1.807, 2.05) is 29.2 Å². The highest BCUT2D eigenvalue weighted by molar-refractivity contribution is 6.30. The molecule has 0 spiro atoms. The molecule has 2 saturated heterocycles. The zero-order chi connectivity index (χ0) is 16.7. The number of hydrogen-bond acceptors (Lipinski definition) is 3. The Balaban J connectivity index is 1.57. The van der Waals surface area contributed by atoms with E-state index in [1.165, 1.54) is 0 Å². The smallest absolute Gasteiger partial charge is 0.233 e. The van der Waals surface area contributed by atoms with E-state index in [1.54, 1.807) is 0 Å². The van der Waals surface area contributed by atoms with E-state index < -0.39 is 5.41 Å². The fraction of sp³-hybridized carbons (Fsp3) is 0.632. The summed E-state index contributed by atoms with van der Waals surface area (Å²) in [6.45, 7) is 1.96. The first-order valence-corrected chi connectivity index (χ1v) is 9.32. The van der Waals surface area contributed by atoms with Crippen LogP contribution in [0.3, 0.4) is 0 Å². The number of amides is 1. The Hall–Kier alpha value is -1.10. The van der Waals surface area contributed by atoms with E-state index in [0.29, 0.717) is 24.7 Å². The summed E-state index contributed by atoms with van der Waals surface area (Å²) < 4.78 is 5.58. The Morgan fingerprint density at radius 2 is 2.17 bits per heavy atom. The first-order chi connectivity index (χ1) is 11.6. The average molecular weight is 350 g/mol. The number of ether oxygens (including phenoxy) is 1. The third-order valence-electron chi connectivity index (χ3n) is 5.95. The minimum absolute atomic E-state index is 0.0420. The first kappa shape index (κ1) is 16.4. The van der Waals surface area contributed by atoms with Crippen molar-refractivity contribution in [1.82, 2.24) is 4.90 Å². The van der Waals surface area contributed by atoms with Crippen LogP contribution in [0.2, 0.25) is 5.02 Å². The van der Waals surface area contributed by atoms with Crippen LogP contribution >= 0.6 is 11.6 Å². The summed E-state index contributed by atoms with van der Waals surface area (Å²) in [6, 6.07) is 7.81. The van der Waals surface area contributed by atoms with Crippen LogP contribution in [-0.4, -0.2) is 47.8 Å². The highest BCUT2D eigenvalue weighted by Gasteiger charge is 2.55. The molecular formula is C19H24ClNO3. The number of benzene rings is 1. The van der Waals surface area contributed by atoms with Gasteiger partial charge in [0.25, 0.3) is 0 Å². The van der Waals surface area contributed by atoms with Crippen molar-refractivity contribution in [2.75, 3.05) is 19.8 Å². The normalized spacial score (nSPS) is 31.9. The second-order valence-electron chi connectivity index (χ2n) is 7.40. The van der Waals surface area contributed by atoms with Gasteiger partial charge in [0, 0.05) is 30.1 Å². The molecule has 130 valence electrons. The summed E-state index contributed by atoms with van der Waals surface area (Å²) in [5, 5.41) is 11.0. The lowest BCUT2D eigenvalue weighted by Crippen LogP contribution is -2.50. The standard InChI is InChI=1S/C19H24ClNO3/c20-14-4-1-3-13(11-14)19(7-8-19)18(23)21-9-2-5-16(21)15-12-24-10-6-17(15)22/h1,3-4,11,15-17,22H,2,5-10,12H2/t15-,16-,17-/m1/s1. The molecule has 1 aromatic rings. The molecule has 1 amide bonds. The zero-order valence-electron chi connectivity index (χ0n) is 13.8. The van der Waals surface area contributed by atoms with Crippen molar-refractivity contribution in [2.24, 2.45) is 5.92 Å². The van der Waals surface area contributed by atoms with Gasteiger partial charge < -0.3 is 14.7 Å². The number of carbonyl (C=O) groups excluding carboxylic acids is 1. The molecule has 3 fully saturated rings. The van der Waals surface area contributed by atoms with E-state index in [2.05, 4.69) is 0 Å². The summed E-state index contributed by atoms with van der Waals surface area (Å²) >= 11 is 6.14. The minimum atomic E-state index is -0.395. The largest absolute Gasteiger partial charge is 0.393 e. The molecule has 0 unspecified atom stereocenters. The minimum Gasteiger partial charge on any atom is -0.393 e. The van der Waals surface area contributed by atoms with E-state index in [4.69, 9.17) is 16.3 Å². The maximum atomic E-state index is 13.4. The second-order valence-corrected chi connectivity index (χ2v) is 7.83. The van der Waals surface area contributed by atoms with Crippen LogP contribution in [-0.2, 0) is 14.9 Å². The molecule has 5 heteroatoms. The van der Waals surface area contributed by atoms with Crippen molar-refractivity contribution in [3.05, 3.63) is 34.9 Å². The van der Waals surface area contributed by atoms with Gasteiger partial charge in [0.1, 0.15) is 0 Å². The van der Waals surface area contributed by atoms with Crippen LogP contribution < -0.4 is 0 Å². The summed E-state index contributed by atoms with van der Waals surface area (Å²) in [4.78, 5) is 15.4. The first-order valence-electron chi connectivity index (χ1n) is 8.95. The fourth-order valence-corrected chi connectivity index (χ4v) is 4.61. The lowest BCUT2D eigenvalue weighted by molar-refractivity contribution is -0.139. The van der Waals surface area contributed by atoms with E-state index in [9.17, 15) is 9.90 Å². The van der Waals surface area contributed by atoms with Crippen LogP contribution in [0.5, 0.6) is 0 Å². The van der Waals surface area contributed by atoms with Crippen LogP contribution in [0.4, 0.5) is 0 Å². The van der Waals surface area contributed by atoms with Crippen molar-refractivity contribution < 1.29 is 14.6 Å². The van der Waals surface area contributed by atoms with Gasteiger partial charge in [0.05, 0.1) is 18.1 Å². The Kier molecular flexibility index (Phi) is 4.31. The Morgan fingerprint density at radius 3 is 2.88 bits per heavy atom. The zero-order valence-corrected chi connectivity index (χ0v) is 14.5. The molecule has 4 rings (SSSR count). The van der Waals surface area contributed by atoms with Crippen LogP contribution in [0.15, 0.2) is 24.3 Å². The highest BCUT2D eigenvalue weighted by atomic mass is 35.5. The maximum Gasteiger partial charge on any atom is 0.233 e. The van der Waals surface area contributed by atoms with Gasteiger partial charge >= 0.3 is 0 Å². The average Bonchev–Trinajstić information content (AvgIpc) is 3.26. The molecule has 1 aliphatic carbocycles. The molecule has 0 aromatic heterocycles. The Bertz CT molecular complexity index is 631. The molecule has 1 N–H and O–H groups in total. The SMILES string of the molecule is O=C(N1CCC[C@@H]1[C@H]1COCC[C@H]1O)C1(c2cccc(Cl)c2)CC1. The maximum absolute atomic E-state index is 13.4. The van der Waals surface area contributed by atoms with Gasteiger partial charge in [-0.1, -0.05) is 23.7 Å². The van der Waals surface area contributed by atoms with Gasteiger partial charge in [-0.05, 0) is 49.8 Å². The van der Waals surface area contributed by atoms with Crippen molar-refractivity contribution in [3.63, 3.8) is 0 Å². The number of aliphatic hydroxyl groups excluding tert-OH is 1. The predicted molar refractivity (Wildman–Crippen MR) is 92.0 cm³/mol. The molecular weight excluding hydrogens is 326 g/mol. The van der Waals surface area contributed by atoms with E-state index in [-0.39, 0.29) is 24.0 Å². The van der Waals surface area contributed by atoms with Gasteiger partial charge in [-0.3, -0.25) is 4.79 Å². The number of aliphatic hydroxyl groups is 1. The number of likely N-dealkylation sites (tertiary alicyclic amines) is 1. The highest BCUT2D eigenvalue weighted by Crippen LogP contribution is 2.51. The van der Waals surface area contributed by atoms with Gasteiger partial charge in [-0.15, -0.1) is 0 Å². The van der Waals surface area contributed by atoms with Gasteiger partial charge in [0.15, 0.2) is 0 Å². The van der Waals surface area contributed by atoms with Crippen LogP contribution in [0.25, 0.3) is 0 Å². The summed E-state index contributed by atoms with van der Waals surface area (Å²) in [6.07, 6.45) is 4.05. The molecule has 24 heavy (non-hydrogen) atoms. The molecule has 4 nitrogen and oxygen atoms in total. The van der Waals surface area contributed by atoms with Crippen molar-refractivity contribution >= 4 is 17.5 Å². The van der Waals surface area contributed by atoms with Crippen molar-refractivity contribution in [2.45, 2.75) is 49.7 Å². The Morgan fingerprint density at radius 1 is 1.33 bits per heavy atom. The molecule has 2 aliphatic heterocycles. The van der Waals surface area contributed by atoms with Gasteiger partial charge in [-0.2, -0.15) is 0 Å². The molecule has 3 aliphatic rings. The number of carbonyl (C=O) groups is 1. The van der Waals surface area contributed by atoms with Crippen molar-refractivity contribution in [3.8, 4) is 0 Å². The quantitative estimate of drug-likeness (QED) is 0.912. The number of rotatable bonds is 3.